The van der Waals surface area contributed by atoms with Gasteiger partial charge in [-0.25, -0.2) is 0 Å². The molecule has 1 rings (SSSR count). The third-order valence-corrected chi connectivity index (χ3v) is 3.22. The highest BCUT2D eigenvalue weighted by Gasteiger charge is 2.22. The third-order valence-electron chi connectivity index (χ3n) is 3.22. The predicted molar refractivity (Wildman–Crippen MR) is 53.6 cm³/mol. The second kappa shape index (κ2) is 4.85. The molecule has 0 saturated heterocycles. The van der Waals surface area contributed by atoms with Crippen molar-refractivity contribution in [3.63, 3.8) is 0 Å². The van der Waals surface area contributed by atoms with Crippen molar-refractivity contribution in [2.75, 3.05) is 0 Å². The van der Waals surface area contributed by atoms with E-state index in [4.69, 9.17) is 0 Å². The van der Waals surface area contributed by atoms with Gasteiger partial charge >= 0.3 is 0 Å². The Morgan fingerprint density at radius 3 is 2.45 bits per heavy atom. The summed E-state index contributed by atoms with van der Waals surface area (Å²) in [5, 5.41) is 0. The lowest BCUT2D eigenvalue weighted by molar-refractivity contribution is 0.813. The van der Waals surface area contributed by atoms with Crippen LogP contribution in [0.1, 0.15) is 45.4 Å². The quantitative estimate of drug-likeness (QED) is 0.536. The Morgan fingerprint density at radius 1 is 1.27 bits per heavy atom. The minimum absolute atomic E-state index is 1.01. The molecule has 0 unspecified atom stereocenters. The minimum atomic E-state index is 1.01. The standard InChI is InChI=1S/C10H21B/c1-3-4-9-11(2)10-7-5-6-8-10/h10H,3-9H2,1-2H3. The molecule has 0 heterocycles. The maximum atomic E-state index is 2.45. The maximum Gasteiger partial charge on any atom is 0.139 e. The molecule has 0 nitrogen and oxygen atoms in total. The summed E-state index contributed by atoms with van der Waals surface area (Å²) in [4.78, 5) is 0. The topological polar surface area (TPSA) is 0 Å². The average Bonchev–Trinajstić information content (AvgIpc) is 2.52. The van der Waals surface area contributed by atoms with Crippen LogP contribution in [-0.2, 0) is 0 Å². The summed E-state index contributed by atoms with van der Waals surface area (Å²) in [6.07, 6.45) is 10.3. The molecule has 0 radical (unpaired) electrons. The summed E-state index contributed by atoms with van der Waals surface area (Å²) in [7, 11) is 0. The summed E-state index contributed by atoms with van der Waals surface area (Å²) in [6, 6.07) is 0. The summed E-state index contributed by atoms with van der Waals surface area (Å²) in [5.74, 6) is 1.08. The van der Waals surface area contributed by atoms with Gasteiger partial charge in [-0.1, -0.05) is 64.4 Å². The van der Waals surface area contributed by atoms with E-state index >= 15 is 0 Å². The molecular weight excluding hydrogens is 131 g/mol. The van der Waals surface area contributed by atoms with Crippen LogP contribution < -0.4 is 0 Å². The first-order chi connectivity index (χ1) is 5.34. The largest absolute Gasteiger partial charge is 0.139 e. The summed E-state index contributed by atoms with van der Waals surface area (Å²) < 4.78 is 0. The normalized spacial score (nSPS) is 19.1. The first-order valence-electron chi connectivity index (χ1n) is 5.34. The van der Waals surface area contributed by atoms with Crippen LogP contribution in [0.25, 0.3) is 0 Å². The fourth-order valence-corrected chi connectivity index (χ4v) is 2.29. The van der Waals surface area contributed by atoms with Gasteiger partial charge in [0.2, 0.25) is 0 Å². The Bertz CT molecular complexity index is 95.0. The molecule has 1 aliphatic rings. The molecule has 1 saturated carbocycles. The van der Waals surface area contributed by atoms with Gasteiger partial charge < -0.3 is 0 Å². The molecule has 0 aromatic heterocycles. The third kappa shape index (κ3) is 2.88. The zero-order valence-corrected chi connectivity index (χ0v) is 8.10. The van der Waals surface area contributed by atoms with Crippen LogP contribution in [0.5, 0.6) is 0 Å². The molecule has 11 heavy (non-hydrogen) atoms. The minimum Gasteiger partial charge on any atom is -0.0859 e. The molecule has 0 N–H and O–H groups in total. The number of unbranched alkanes of at least 4 members (excludes halogenated alkanes) is 1. The molecule has 0 aliphatic heterocycles. The van der Waals surface area contributed by atoms with Crippen LogP contribution in [0, 0.1) is 0 Å². The van der Waals surface area contributed by atoms with E-state index in [-0.39, 0.29) is 0 Å². The average molecular weight is 152 g/mol. The highest BCUT2D eigenvalue weighted by atomic mass is 14.1. The van der Waals surface area contributed by atoms with Crippen LogP contribution in [0.15, 0.2) is 0 Å². The molecule has 1 aliphatic carbocycles. The highest BCUT2D eigenvalue weighted by molar-refractivity contribution is 6.59. The fraction of sp³-hybridized carbons (Fsp3) is 1.00. The van der Waals surface area contributed by atoms with Gasteiger partial charge in [0.25, 0.3) is 0 Å². The Kier molecular flexibility index (Phi) is 4.03. The van der Waals surface area contributed by atoms with E-state index in [2.05, 4.69) is 13.7 Å². The van der Waals surface area contributed by atoms with E-state index in [0.717, 1.165) is 12.5 Å². The Balaban J connectivity index is 2.12. The Hall–Kier alpha value is 0.0649. The van der Waals surface area contributed by atoms with Crippen LogP contribution >= 0.6 is 0 Å². The zero-order valence-electron chi connectivity index (χ0n) is 8.10. The lowest BCUT2D eigenvalue weighted by Gasteiger charge is -2.14. The van der Waals surface area contributed by atoms with Crippen molar-refractivity contribution in [1.29, 1.82) is 0 Å². The van der Waals surface area contributed by atoms with E-state index in [1.165, 1.54) is 44.8 Å². The first-order valence-corrected chi connectivity index (χ1v) is 5.34. The summed E-state index contributed by atoms with van der Waals surface area (Å²) >= 11 is 0. The molecule has 1 heteroatoms. The monoisotopic (exact) mass is 152 g/mol. The smallest absolute Gasteiger partial charge is 0.0859 e. The van der Waals surface area contributed by atoms with Crippen molar-refractivity contribution in [3.05, 3.63) is 0 Å². The number of hydrogen-bond acceptors (Lipinski definition) is 0. The summed E-state index contributed by atoms with van der Waals surface area (Å²) in [6.45, 7) is 5.75. The van der Waals surface area contributed by atoms with Gasteiger partial charge in [0, 0.05) is 0 Å². The van der Waals surface area contributed by atoms with E-state index in [1.54, 1.807) is 0 Å². The molecule has 0 amide bonds. The SMILES string of the molecule is CCCCB(C)C1CCCC1. The van der Waals surface area contributed by atoms with Crippen LogP contribution in [-0.4, -0.2) is 6.71 Å². The Labute approximate surface area is 71.8 Å². The maximum absolute atomic E-state index is 2.45. The Morgan fingerprint density at radius 2 is 1.91 bits per heavy atom. The number of hydrogen-bond donors (Lipinski definition) is 0. The van der Waals surface area contributed by atoms with Gasteiger partial charge in [-0.15, -0.1) is 0 Å². The molecular formula is C10H21B. The van der Waals surface area contributed by atoms with E-state index in [0.29, 0.717) is 0 Å². The molecule has 1 fully saturated rings. The second-order valence-corrected chi connectivity index (χ2v) is 4.16. The van der Waals surface area contributed by atoms with Crippen molar-refractivity contribution >= 4 is 6.71 Å². The van der Waals surface area contributed by atoms with Gasteiger partial charge in [-0.3, -0.25) is 0 Å². The van der Waals surface area contributed by atoms with Crippen LogP contribution in [0.2, 0.25) is 19.0 Å². The van der Waals surface area contributed by atoms with Gasteiger partial charge in [0.1, 0.15) is 6.71 Å². The molecule has 0 spiro atoms. The van der Waals surface area contributed by atoms with Gasteiger partial charge in [-0.05, 0) is 0 Å². The fourth-order valence-electron chi connectivity index (χ4n) is 2.29. The van der Waals surface area contributed by atoms with Crippen LogP contribution in [0.3, 0.4) is 0 Å². The first kappa shape index (κ1) is 9.16. The molecule has 64 valence electrons. The van der Waals surface area contributed by atoms with Crippen molar-refractivity contribution in [1.82, 2.24) is 0 Å². The van der Waals surface area contributed by atoms with E-state index in [9.17, 15) is 0 Å². The van der Waals surface area contributed by atoms with Gasteiger partial charge in [0.15, 0.2) is 0 Å². The van der Waals surface area contributed by atoms with Crippen molar-refractivity contribution in [2.24, 2.45) is 0 Å². The highest BCUT2D eigenvalue weighted by Crippen LogP contribution is 2.34. The molecule has 0 aromatic rings. The molecule has 0 aromatic carbocycles. The molecule has 0 atom stereocenters. The van der Waals surface area contributed by atoms with Crippen molar-refractivity contribution in [2.45, 2.75) is 64.4 Å². The van der Waals surface area contributed by atoms with Crippen molar-refractivity contribution < 1.29 is 0 Å². The predicted octanol–water partition coefficient (Wildman–Crippen LogP) is 3.86. The lowest BCUT2D eigenvalue weighted by Crippen LogP contribution is -2.13. The van der Waals surface area contributed by atoms with Crippen LogP contribution in [0.4, 0.5) is 0 Å². The number of rotatable bonds is 4. The van der Waals surface area contributed by atoms with E-state index in [1.807, 2.05) is 0 Å². The van der Waals surface area contributed by atoms with E-state index < -0.39 is 0 Å². The van der Waals surface area contributed by atoms with Gasteiger partial charge in [0.05, 0.1) is 0 Å². The van der Waals surface area contributed by atoms with Gasteiger partial charge in [-0.2, -0.15) is 0 Å². The zero-order chi connectivity index (χ0) is 8.10. The second-order valence-electron chi connectivity index (χ2n) is 4.16. The molecule has 0 bridgehead atoms. The summed E-state index contributed by atoms with van der Waals surface area (Å²) in [5.41, 5.74) is 0. The lowest BCUT2D eigenvalue weighted by atomic mass is 9.40. The van der Waals surface area contributed by atoms with Crippen molar-refractivity contribution in [3.8, 4) is 0 Å².